The van der Waals surface area contributed by atoms with Crippen LogP contribution in [0.2, 0.25) is 0 Å². The number of phosphoric ester groups is 1. The van der Waals surface area contributed by atoms with E-state index in [1.165, 1.54) is 38.5 Å². The number of phosphoric acid groups is 1. The van der Waals surface area contributed by atoms with Crippen LogP contribution < -0.4 is 0 Å². The zero-order chi connectivity index (χ0) is 19.3. The zero-order valence-electron chi connectivity index (χ0n) is 16.2. The van der Waals surface area contributed by atoms with Gasteiger partial charge >= 0.3 is 7.82 Å². The lowest BCUT2D eigenvalue weighted by Crippen LogP contribution is -2.05. The summed E-state index contributed by atoms with van der Waals surface area (Å²) in [6.45, 7) is 6.56. The molecule has 0 amide bonds. The van der Waals surface area contributed by atoms with Gasteiger partial charge in [-0.05, 0) is 50.0 Å². The minimum atomic E-state index is -3.45. The molecule has 0 spiro atoms. The molecule has 0 saturated heterocycles. The van der Waals surface area contributed by atoms with E-state index in [0.29, 0.717) is 13.2 Å². The molecular weight excluding hydrogens is 386 g/mol. The van der Waals surface area contributed by atoms with Crippen LogP contribution in [-0.4, -0.2) is 31.4 Å². The molecule has 148 valence electrons. The van der Waals surface area contributed by atoms with Gasteiger partial charge in [0.25, 0.3) is 0 Å². The maximum Gasteiger partial charge on any atom is 0.475 e. The number of benzene rings is 1. The quantitative estimate of drug-likeness (QED) is 0.235. The van der Waals surface area contributed by atoms with Crippen molar-refractivity contribution in [3.8, 4) is 0 Å². The second-order valence-electron chi connectivity index (χ2n) is 5.93. The van der Waals surface area contributed by atoms with Gasteiger partial charge in [0.2, 0.25) is 0 Å². The molecule has 0 fully saturated rings. The smallest absolute Gasteiger partial charge is 0.287 e. The average molecular weight is 418 g/mol. The second-order valence-corrected chi connectivity index (χ2v) is 9.50. The van der Waals surface area contributed by atoms with Crippen LogP contribution in [0.5, 0.6) is 0 Å². The number of rotatable bonds is 15. The van der Waals surface area contributed by atoms with Crippen LogP contribution in [0.1, 0.15) is 45.6 Å². The second kappa shape index (κ2) is 13.9. The molecule has 0 aliphatic rings. The molecular formula is C19H32O4P2S. The van der Waals surface area contributed by atoms with Crippen molar-refractivity contribution in [1.82, 2.24) is 0 Å². The van der Waals surface area contributed by atoms with Gasteiger partial charge in [0.15, 0.2) is 0 Å². The van der Waals surface area contributed by atoms with Crippen molar-refractivity contribution in [3.63, 3.8) is 0 Å². The Balaban J connectivity index is 2.51. The highest BCUT2D eigenvalue weighted by Crippen LogP contribution is 2.49. The first-order valence-corrected chi connectivity index (χ1v) is 13.0. The standard InChI is InChI=1S/C19H32O4P2S/c1-5-8-9-18(15-24-4)16-26-19-12-10-17(11-13-19)14-23-25(20,21-6-2)22-7-3/h10-13,18H,4-9,14-16H2,1-3H3. The summed E-state index contributed by atoms with van der Waals surface area (Å²) < 4.78 is 28.0. The van der Waals surface area contributed by atoms with Gasteiger partial charge in [0, 0.05) is 10.6 Å². The van der Waals surface area contributed by atoms with Crippen molar-refractivity contribution in [1.29, 1.82) is 0 Å². The van der Waals surface area contributed by atoms with E-state index in [0.717, 1.165) is 17.2 Å². The van der Waals surface area contributed by atoms with Crippen molar-refractivity contribution in [2.45, 2.75) is 51.5 Å². The lowest BCUT2D eigenvalue weighted by Gasteiger charge is -2.16. The van der Waals surface area contributed by atoms with Crippen LogP contribution >= 0.6 is 27.8 Å². The highest BCUT2D eigenvalue weighted by molar-refractivity contribution is 7.99. The molecule has 0 bridgehead atoms. The largest absolute Gasteiger partial charge is 0.475 e. The Hall–Kier alpha value is -0.150. The molecule has 0 aliphatic carbocycles. The third-order valence-electron chi connectivity index (χ3n) is 3.73. The molecule has 26 heavy (non-hydrogen) atoms. The number of hydrogen-bond donors (Lipinski definition) is 0. The van der Waals surface area contributed by atoms with Gasteiger partial charge in [0.1, 0.15) is 0 Å². The fourth-order valence-electron chi connectivity index (χ4n) is 2.38. The fourth-order valence-corrected chi connectivity index (χ4v) is 5.44. The van der Waals surface area contributed by atoms with E-state index >= 15 is 0 Å². The van der Waals surface area contributed by atoms with E-state index < -0.39 is 7.82 Å². The predicted molar refractivity (Wildman–Crippen MR) is 115 cm³/mol. The van der Waals surface area contributed by atoms with Crippen LogP contribution in [0, 0.1) is 5.92 Å². The molecule has 1 unspecified atom stereocenters. The summed E-state index contributed by atoms with van der Waals surface area (Å²) in [5.74, 6) is 1.85. The first-order chi connectivity index (χ1) is 12.6. The SMILES string of the molecule is C=PCC(CCCC)CSc1ccc(COP(=O)(OCC)OCC)cc1. The highest BCUT2D eigenvalue weighted by Gasteiger charge is 2.25. The Morgan fingerprint density at radius 1 is 1.12 bits per heavy atom. The van der Waals surface area contributed by atoms with Gasteiger partial charge < -0.3 is 0 Å². The summed E-state index contributed by atoms with van der Waals surface area (Å²) >= 11 is 1.89. The fraction of sp³-hybridized carbons (Fsp3) is 0.632. The maximum absolute atomic E-state index is 12.3. The summed E-state index contributed by atoms with van der Waals surface area (Å²) in [7, 11) is -2.22. The molecule has 0 heterocycles. The first-order valence-electron chi connectivity index (χ1n) is 9.24. The minimum Gasteiger partial charge on any atom is -0.287 e. The Kier molecular flexibility index (Phi) is 12.8. The van der Waals surface area contributed by atoms with Crippen LogP contribution in [0.25, 0.3) is 0 Å². The van der Waals surface area contributed by atoms with E-state index in [9.17, 15) is 4.57 Å². The summed E-state index contributed by atoms with van der Waals surface area (Å²) in [6, 6.07) is 8.19. The van der Waals surface area contributed by atoms with Crippen LogP contribution in [-0.2, 0) is 24.7 Å². The predicted octanol–water partition coefficient (Wildman–Crippen LogP) is 6.66. The molecule has 0 aliphatic heterocycles. The molecule has 0 radical (unpaired) electrons. The van der Waals surface area contributed by atoms with Gasteiger partial charge in [0.05, 0.1) is 19.8 Å². The molecule has 0 aromatic heterocycles. The van der Waals surface area contributed by atoms with Crippen molar-refractivity contribution < 1.29 is 18.1 Å². The Morgan fingerprint density at radius 2 is 1.77 bits per heavy atom. The lowest BCUT2D eigenvalue weighted by molar-refractivity contribution is 0.116. The highest BCUT2D eigenvalue weighted by atomic mass is 32.2. The van der Waals surface area contributed by atoms with Crippen molar-refractivity contribution in [2.75, 3.05) is 25.1 Å². The first kappa shape index (κ1) is 23.9. The molecule has 0 saturated carbocycles. The van der Waals surface area contributed by atoms with E-state index in [1.54, 1.807) is 13.8 Å². The summed E-state index contributed by atoms with van der Waals surface area (Å²) in [5.41, 5.74) is 0.952. The summed E-state index contributed by atoms with van der Waals surface area (Å²) in [4.78, 5) is 1.24. The van der Waals surface area contributed by atoms with E-state index in [4.69, 9.17) is 13.6 Å². The molecule has 7 heteroatoms. The van der Waals surface area contributed by atoms with Gasteiger partial charge in [-0.1, -0.05) is 38.2 Å². The van der Waals surface area contributed by atoms with Gasteiger partial charge in [-0.25, -0.2) is 4.57 Å². The van der Waals surface area contributed by atoms with Crippen molar-refractivity contribution >= 4 is 34.1 Å². The number of hydrogen-bond acceptors (Lipinski definition) is 5. The lowest BCUT2D eigenvalue weighted by atomic mass is 10.1. The molecule has 0 N–H and O–H groups in total. The number of unbranched alkanes of at least 4 members (excludes halogenated alkanes) is 1. The van der Waals surface area contributed by atoms with E-state index in [2.05, 4.69) is 25.4 Å². The third-order valence-corrected chi connectivity index (χ3v) is 7.34. The molecule has 1 aromatic carbocycles. The third kappa shape index (κ3) is 9.69. The van der Waals surface area contributed by atoms with Crippen LogP contribution in [0.3, 0.4) is 0 Å². The van der Waals surface area contributed by atoms with Gasteiger partial charge in [-0.3, -0.25) is 13.6 Å². The van der Waals surface area contributed by atoms with E-state index in [-0.39, 0.29) is 6.61 Å². The minimum absolute atomic E-state index is 0.210. The molecule has 1 aromatic rings. The molecule has 1 rings (SSSR count). The van der Waals surface area contributed by atoms with E-state index in [1.807, 2.05) is 23.9 Å². The summed E-state index contributed by atoms with van der Waals surface area (Å²) in [5, 5.41) is 0. The average Bonchev–Trinajstić information content (AvgIpc) is 2.64. The van der Waals surface area contributed by atoms with Gasteiger partial charge in [-0.2, -0.15) is 0 Å². The van der Waals surface area contributed by atoms with Crippen LogP contribution in [0.4, 0.5) is 0 Å². The Bertz CT molecular complexity index is 541. The summed E-state index contributed by atoms with van der Waals surface area (Å²) in [6.07, 6.45) is 8.96. The Labute approximate surface area is 164 Å². The Morgan fingerprint density at radius 3 is 2.31 bits per heavy atom. The van der Waals surface area contributed by atoms with Crippen LogP contribution in [0.15, 0.2) is 29.2 Å². The molecule has 4 nitrogen and oxygen atoms in total. The number of thioether (sulfide) groups is 1. The van der Waals surface area contributed by atoms with Crippen molar-refractivity contribution in [2.24, 2.45) is 5.92 Å². The van der Waals surface area contributed by atoms with Gasteiger partial charge in [-0.15, -0.1) is 20.0 Å². The zero-order valence-corrected chi connectivity index (χ0v) is 18.8. The topological polar surface area (TPSA) is 44.8 Å². The van der Waals surface area contributed by atoms with Crippen molar-refractivity contribution in [3.05, 3.63) is 29.8 Å². The normalized spacial score (nSPS) is 13.2. The molecule has 1 atom stereocenters. The maximum atomic E-state index is 12.3. The monoisotopic (exact) mass is 418 g/mol.